The van der Waals surface area contributed by atoms with Gasteiger partial charge in [0.1, 0.15) is 5.75 Å². The van der Waals surface area contributed by atoms with E-state index in [-0.39, 0.29) is 11.5 Å². The summed E-state index contributed by atoms with van der Waals surface area (Å²) in [7, 11) is -0.887. The van der Waals surface area contributed by atoms with E-state index in [0.29, 0.717) is 17.9 Å². The van der Waals surface area contributed by atoms with Crippen LogP contribution in [0.15, 0.2) is 36.4 Å². The zero-order chi connectivity index (χ0) is 14.1. The summed E-state index contributed by atoms with van der Waals surface area (Å²) >= 11 is 0. The molecule has 2 aromatic rings. The molecular formula is C14H10BNO4. The molecule has 2 aromatic carbocycles. The highest BCUT2D eigenvalue weighted by Crippen LogP contribution is 2.31. The third kappa shape index (κ3) is 2.20. The van der Waals surface area contributed by atoms with Crippen LogP contribution < -0.4 is 10.2 Å². The minimum atomic E-state index is -0.887. The molecule has 0 saturated heterocycles. The smallest absolute Gasteiger partial charge is 0.491 e. The van der Waals surface area contributed by atoms with E-state index >= 15 is 0 Å². The zero-order valence-electron chi connectivity index (χ0n) is 10.4. The van der Waals surface area contributed by atoms with Crippen molar-refractivity contribution in [3.8, 4) is 23.3 Å². The highest BCUT2D eigenvalue weighted by atomic mass is 16.5. The Kier molecular flexibility index (Phi) is 3.07. The summed E-state index contributed by atoms with van der Waals surface area (Å²) in [5.41, 5.74) is 1.94. The highest BCUT2D eigenvalue weighted by molar-refractivity contribution is 6.61. The molecule has 1 aliphatic rings. The number of benzene rings is 2. The minimum Gasteiger partial charge on any atom is -0.504 e. The second-order valence-corrected chi connectivity index (χ2v) is 4.42. The van der Waals surface area contributed by atoms with Crippen molar-refractivity contribution in [3.63, 3.8) is 0 Å². The van der Waals surface area contributed by atoms with Gasteiger partial charge in [-0.15, -0.1) is 0 Å². The Hall–Kier alpha value is -2.49. The highest BCUT2D eigenvalue weighted by Gasteiger charge is 2.27. The molecule has 0 spiro atoms. The van der Waals surface area contributed by atoms with Crippen molar-refractivity contribution in [3.05, 3.63) is 47.5 Å². The topological polar surface area (TPSA) is 82.7 Å². The predicted octanol–water partition coefficient (Wildman–Crippen LogP) is 1.27. The lowest BCUT2D eigenvalue weighted by Crippen LogP contribution is -2.27. The average molecular weight is 267 g/mol. The van der Waals surface area contributed by atoms with Gasteiger partial charge in [0.05, 0.1) is 18.2 Å². The van der Waals surface area contributed by atoms with Crippen LogP contribution in [0.25, 0.3) is 0 Å². The molecule has 0 aliphatic carbocycles. The summed E-state index contributed by atoms with van der Waals surface area (Å²) in [6.07, 6.45) is 0. The number of rotatable bonds is 2. The number of nitrogens with zero attached hydrogens (tertiary/aromatic N) is 1. The van der Waals surface area contributed by atoms with Crippen molar-refractivity contribution >= 4 is 12.6 Å². The van der Waals surface area contributed by atoms with Gasteiger partial charge in [-0.2, -0.15) is 5.26 Å². The predicted molar refractivity (Wildman–Crippen MR) is 71.7 cm³/mol. The second-order valence-electron chi connectivity index (χ2n) is 4.42. The first-order valence-electron chi connectivity index (χ1n) is 6.01. The van der Waals surface area contributed by atoms with Crippen LogP contribution in [0.4, 0.5) is 0 Å². The first-order valence-corrected chi connectivity index (χ1v) is 6.01. The summed E-state index contributed by atoms with van der Waals surface area (Å²) in [6, 6.07) is 11.5. The minimum absolute atomic E-state index is 0.0965. The number of phenols is 1. The van der Waals surface area contributed by atoms with Gasteiger partial charge >= 0.3 is 7.12 Å². The Balaban J connectivity index is 1.87. The van der Waals surface area contributed by atoms with Crippen LogP contribution in [0.5, 0.6) is 17.2 Å². The lowest BCUT2D eigenvalue weighted by molar-refractivity contribution is 0.275. The van der Waals surface area contributed by atoms with Gasteiger partial charge in [-0.3, -0.25) is 0 Å². The normalized spacial score (nSPS) is 12.9. The van der Waals surface area contributed by atoms with Crippen LogP contribution in [0, 0.1) is 11.3 Å². The van der Waals surface area contributed by atoms with Gasteiger partial charge in [0.25, 0.3) is 0 Å². The zero-order valence-corrected chi connectivity index (χ0v) is 10.4. The molecule has 0 atom stereocenters. The standard InChI is InChI=1S/C14H10BNO4/c16-7-9-1-4-14(13(17)5-9)20-11-2-3-12-10(6-11)8-19-15(12)18/h1-6,17-18H,8H2. The molecule has 2 N–H and O–H groups in total. The molecule has 0 fully saturated rings. The van der Waals surface area contributed by atoms with Crippen LogP contribution in [0.3, 0.4) is 0 Å². The van der Waals surface area contributed by atoms with Crippen LogP contribution in [-0.4, -0.2) is 17.2 Å². The molecule has 1 heterocycles. The molecule has 0 saturated carbocycles. The van der Waals surface area contributed by atoms with Crippen molar-refractivity contribution in [2.45, 2.75) is 6.61 Å². The third-order valence-corrected chi connectivity index (χ3v) is 3.09. The molecule has 20 heavy (non-hydrogen) atoms. The van der Waals surface area contributed by atoms with Gasteiger partial charge in [0.2, 0.25) is 0 Å². The van der Waals surface area contributed by atoms with Gasteiger partial charge in [0.15, 0.2) is 11.5 Å². The Morgan fingerprint density at radius 3 is 2.85 bits per heavy atom. The van der Waals surface area contributed by atoms with E-state index in [4.69, 9.17) is 14.7 Å². The molecule has 0 amide bonds. The number of hydrogen-bond acceptors (Lipinski definition) is 5. The third-order valence-electron chi connectivity index (χ3n) is 3.09. The fourth-order valence-electron chi connectivity index (χ4n) is 2.07. The van der Waals surface area contributed by atoms with Gasteiger partial charge in [0, 0.05) is 6.07 Å². The van der Waals surface area contributed by atoms with E-state index in [1.54, 1.807) is 24.3 Å². The fourth-order valence-corrected chi connectivity index (χ4v) is 2.07. The molecule has 98 valence electrons. The molecule has 3 rings (SSSR count). The first kappa shape index (κ1) is 12.5. The Labute approximate surface area is 115 Å². The van der Waals surface area contributed by atoms with E-state index in [9.17, 15) is 10.1 Å². The summed E-state index contributed by atoms with van der Waals surface area (Å²) in [4.78, 5) is 0. The van der Waals surface area contributed by atoms with Crippen LogP contribution in [0.2, 0.25) is 0 Å². The van der Waals surface area contributed by atoms with Gasteiger partial charge in [-0.05, 0) is 35.3 Å². The SMILES string of the molecule is N#Cc1ccc(Oc2ccc3c(c2)COB3O)c(O)c1. The lowest BCUT2D eigenvalue weighted by atomic mass is 9.80. The number of hydrogen-bond donors (Lipinski definition) is 2. The number of aromatic hydroxyl groups is 1. The maximum atomic E-state index is 9.78. The van der Waals surface area contributed by atoms with Gasteiger partial charge < -0.3 is 19.5 Å². The summed E-state index contributed by atoms with van der Waals surface area (Å²) in [6.45, 7) is 0.326. The van der Waals surface area contributed by atoms with Crippen LogP contribution in [-0.2, 0) is 11.3 Å². The maximum Gasteiger partial charge on any atom is 0.491 e. The first-order chi connectivity index (χ1) is 9.67. The Morgan fingerprint density at radius 2 is 2.10 bits per heavy atom. The molecule has 1 aliphatic heterocycles. The van der Waals surface area contributed by atoms with E-state index < -0.39 is 7.12 Å². The molecule has 0 unspecified atom stereocenters. The number of nitriles is 1. The Bertz CT molecular complexity index is 711. The van der Waals surface area contributed by atoms with E-state index in [1.807, 2.05) is 6.07 Å². The summed E-state index contributed by atoms with van der Waals surface area (Å²) in [5, 5.41) is 28.0. The van der Waals surface area contributed by atoms with Crippen molar-refractivity contribution in [1.29, 1.82) is 5.26 Å². The van der Waals surface area contributed by atoms with Crippen molar-refractivity contribution in [2.24, 2.45) is 0 Å². The van der Waals surface area contributed by atoms with Gasteiger partial charge in [-0.25, -0.2) is 0 Å². The molecule has 0 bridgehead atoms. The summed E-state index contributed by atoms with van der Waals surface area (Å²) in [5.74, 6) is 0.700. The van der Waals surface area contributed by atoms with E-state index in [2.05, 4.69) is 0 Å². The molecule has 5 nitrogen and oxygen atoms in total. The largest absolute Gasteiger partial charge is 0.504 e. The fraction of sp³-hybridized carbons (Fsp3) is 0.0714. The maximum absolute atomic E-state index is 9.78. The Morgan fingerprint density at radius 1 is 1.25 bits per heavy atom. The van der Waals surface area contributed by atoms with E-state index in [1.165, 1.54) is 12.1 Å². The lowest BCUT2D eigenvalue weighted by Gasteiger charge is -2.09. The van der Waals surface area contributed by atoms with Crippen molar-refractivity contribution < 1.29 is 19.5 Å². The summed E-state index contributed by atoms with van der Waals surface area (Å²) < 4.78 is 10.7. The molecular weight excluding hydrogens is 257 g/mol. The van der Waals surface area contributed by atoms with Crippen molar-refractivity contribution in [1.82, 2.24) is 0 Å². The van der Waals surface area contributed by atoms with Crippen LogP contribution in [0.1, 0.15) is 11.1 Å². The van der Waals surface area contributed by atoms with Gasteiger partial charge in [-0.1, -0.05) is 6.07 Å². The number of ether oxygens (including phenoxy) is 1. The number of phenolic OH excluding ortho intramolecular Hbond substituents is 1. The monoisotopic (exact) mass is 267 g/mol. The molecule has 0 radical (unpaired) electrons. The number of fused-ring (bicyclic) bond motifs is 1. The van der Waals surface area contributed by atoms with Crippen molar-refractivity contribution in [2.75, 3.05) is 0 Å². The molecule has 0 aromatic heterocycles. The van der Waals surface area contributed by atoms with E-state index in [0.717, 1.165) is 11.0 Å². The quantitative estimate of drug-likeness (QED) is 0.801. The second kappa shape index (κ2) is 4.89. The average Bonchev–Trinajstić information content (AvgIpc) is 2.82. The molecule has 6 heteroatoms. The van der Waals surface area contributed by atoms with Crippen LogP contribution >= 0.6 is 0 Å².